The molecule has 2 amide bonds. The average Bonchev–Trinajstić information content (AvgIpc) is 3.41. The fraction of sp³-hybridized carbons (Fsp3) is 0.269. The number of ether oxygens (including phenoxy) is 1. The summed E-state index contributed by atoms with van der Waals surface area (Å²) in [6, 6.07) is 17.0. The van der Waals surface area contributed by atoms with Crippen LogP contribution in [0.1, 0.15) is 29.1 Å². The number of phenolic OH excluding ortho intramolecular Hbond substituents is 1. The maximum Gasteiger partial charge on any atom is 0.262 e. The highest BCUT2D eigenvalue weighted by molar-refractivity contribution is 7.12. The van der Waals surface area contributed by atoms with E-state index in [4.69, 9.17) is 4.74 Å². The highest BCUT2D eigenvalue weighted by atomic mass is 32.1. The first-order valence-corrected chi connectivity index (χ1v) is 11.8. The first-order chi connectivity index (χ1) is 16.3. The molecule has 0 spiro atoms. The Balaban J connectivity index is 1.55. The molecule has 0 saturated carbocycles. The zero-order valence-corrected chi connectivity index (χ0v) is 19.7. The number of nitrogens with one attached hydrogen (secondary N) is 2. The van der Waals surface area contributed by atoms with Crippen molar-refractivity contribution < 1.29 is 24.2 Å². The largest absolute Gasteiger partial charge is 0.508 e. The lowest BCUT2D eigenvalue weighted by Gasteiger charge is -2.29. The van der Waals surface area contributed by atoms with Crippen LogP contribution in [0.25, 0.3) is 11.1 Å². The van der Waals surface area contributed by atoms with Crippen LogP contribution < -0.4 is 10.6 Å². The maximum atomic E-state index is 13.3. The van der Waals surface area contributed by atoms with E-state index >= 15 is 0 Å². The monoisotopic (exact) mass is 478 g/mol. The second kappa shape index (κ2) is 9.79. The molecule has 4 rings (SSSR count). The van der Waals surface area contributed by atoms with Crippen molar-refractivity contribution in [2.75, 3.05) is 6.61 Å². The Morgan fingerprint density at radius 3 is 2.59 bits per heavy atom. The lowest BCUT2D eigenvalue weighted by atomic mass is 9.92. The lowest BCUT2D eigenvalue weighted by molar-refractivity contribution is -0.130. The molecule has 3 N–H and O–H groups in total. The molecule has 1 fully saturated rings. The van der Waals surface area contributed by atoms with Gasteiger partial charge in [-0.25, -0.2) is 0 Å². The molecule has 8 heteroatoms. The van der Waals surface area contributed by atoms with Gasteiger partial charge in [-0.1, -0.05) is 42.5 Å². The summed E-state index contributed by atoms with van der Waals surface area (Å²) in [5, 5.41) is 17.3. The molecule has 7 nitrogen and oxygen atoms in total. The third-order valence-corrected chi connectivity index (χ3v) is 7.07. The van der Waals surface area contributed by atoms with E-state index in [2.05, 4.69) is 10.6 Å². The number of hydrogen-bond acceptors (Lipinski definition) is 6. The van der Waals surface area contributed by atoms with Crippen molar-refractivity contribution >= 4 is 28.9 Å². The van der Waals surface area contributed by atoms with Gasteiger partial charge in [0.1, 0.15) is 23.9 Å². The lowest BCUT2D eigenvalue weighted by Crippen LogP contribution is -2.60. The second-order valence-corrected chi connectivity index (χ2v) is 9.44. The molecule has 176 valence electrons. The summed E-state index contributed by atoms with van der Waals surface area (Å²) in [5.74, 6) is -1.04. The molecule has 1 aromatic heterocycles. The number of hydrogen-bond donors (Lipinski definition) is 3. The second-order valence-electron chi connectivity index (χ2n) is 8.53. The van der Waals surface area contributed by atoms with Gasteiger partial charge in [0.25, 0.3) is 5.91 Å². The normalized spacial score (nSPS) is 20.6. The number of carbonyl (C=O) groups is 3. The van der Waals surface area contributed by atoms with E-state index in [1.54, 1.807) is 38.1 Å². The third kappa shape index (κ3) is 5.03. The fourth-order valence-electron chi connectivity index (χ4n) is 3.85. The van der Waals surface area contributed by atoms with Gasteiger partial charge in [0.2, 0.25) is 5.91 Å². The first kappa shape index (κ1) is 23.7. The number of ketones is 1. The number of aromatic hydroxyl groups is 1. The summed E-state index contributed by atoms with van der Waals surface area (Å²) in [6.07, 6.45) is -0.352. The molecule has 3 aromatic rings. The Kier molecular flexibility index (Phi) is 6.81. The number of benzene rings is 2. The van der Waals surface area contributed by atoms with Gasteiger partial charge in [-0.3, -0.25) is 14.4 Å². The quantitative estimate of drug-likeness (QED) is 0.483. The number of thiophene rings is 1. The zero-order valence-electron chi connectivity index (χ0n) is 18.9. The molecular formula is C26H26N2O5S. The highest BCUT2D eigenvalue weighted by Gasteiger charge is 2.47. The van der Waals surface area contributed by atoms with Crippen LogP contribution in [0.15, 0.2) is 66.0 Å². The molecule has 1 saturated heterocycles. The molecule has 0 bridgehead atoms. The summed E-state index contributed by atoms with van der Waals surface area (Å²) in [6.45, 7) is 3.29. The van der Waals surface area contributed by atoms with Crippen molar-refractivity contribution in [2.45, 2.75) is 38.0 Å². The third-order valence-electron chi connectivity index (χ3n) is 6.14. The Hall–Kier alpha value is -3.49. The molecule has 1 aliphatic rings. The van der Waals surface area contributed by atoms with Gasteiger partial charge in [-0.15, -0.1) is 11.3 Å². The van der Waals surface area contributed by atoms with Crippen molar-refractivity contribution in [3.05, 3.63) is 76.5 Å². The zero-order chi connectivity index (χ0) is 24.3. The van der Waals surface area contributed by atoms with Crippen molar-refractivity contribution in [1.82, 2.24) is 10.6 Å². The molecular weight excluding hydrogens is 452 g/mol. The minimum atomic E-state index is -1.18. The van der Waals surface area contributed by atoms with Crippen molar-refractivity contribution in [3.8, 4) is 16.9 Å². The molecule has 34 heavy (non-hydrogen) atoms. The van der Waals surface area contributed by atoms with Crippen molar-refractivity contribution in [1.29, 1.82) is 0 Å². The SMILES string of the molecule is CC1OCC(=O)C1(C)NC(=O)C(Cc1cccc(O)c1)NC(=O)c1cc(-c2ccccc2)cs1. The summed E-state index contributed by atoms with van der Waals surface area (Å²) < 4.78 is 5.41. The predicted octanol–water partition coefficient (Wildman–Crippen LogP) is 3.32. The van der Waals surface area contributed by atoms with Crippen molar-refractivity contribution in [2.24, 2.45) is 0 Å². The summed E-state index contributed by atoms with van der Waals surface area (Å²) in [7, 11) is 0. The number of amides is 2. The summed E-state index contributed by atoms with van der Waals surface area (Å²) >= 11 is 1.29. The molecule has 1 aliphatic heterocycles. The van der Waals surface area contributed by atoms with E-state index in [-0.39, 0.29) is 30.5 Å². The molecule has 2 aromatic carbocycles. The molecule has 2 heterocycles. The van der Waals surface area contributed by atoms with E-state index in [1.807, 2.05) is 35.7 Å². The van der Waals surface area contributed by atoms with Gasteiger partial charge >= 0.3 is 0 Å². The predicted molar refractivity (Wildman–Crippen MR) is 130 cm³/mol. The van der Waals surface area contributed by atoms with Crippen LogP contribution in [0, 0.1) is 0 Å². The Labute approximate surface area is 201 Å². The highest BCUT2D eigenvalue weighted by Crippen LogP contribution is 2.26. The Morgan fingerprint density at radius 2 is 1.91 bits per heavy atom. The van der Waals surface area contributed by atoms with Crippen molar-refractivity contribution in [3.63, 3.8) is 0 Å². The fourth-order valence-corrected chi connectivity index (χ4v) is 4.67. The van der Waals surface area contributed by atoms with Crippen LogP contribution in [0.4, 0.5) is 0 Å². The van der Waals surface area contributed by atoms with Gasteiger partial charge in [0, 0.05) is 6.42 Å². The van der Waals surface area contributed by atoms with Gasteiger partial charge in [-0.2, -0.15) is 0 Å². The smallest absolute Gasteiger partial charge is 0.262 e. The van der Waals surface area contributed by atoms with Gasteiger partial charge in [0.05, 0.1) is 11.0 Å². The van der Waals surface area contributed by atoms with E-state index in [9.17, 15) is 19.5 Å². The number of carbonyl (C=O) groups excluding carboxylic acids is 3. The Morgan fingerprint density at radius 1 is 1.15 bits per heavy atom. The number of Topliss-reactive ketones (excluding diaryl/α,β-unsaturated/α-hetero) is 1. The number of phenols is 1. The first-order valence-electron chi connectivity index (χ1n) is 11.0. The average molecular weight is 479 g/mol. The molecule has 0 radical (unpaired) electrons. The van der Waals surface area contributed by atoms with Crippen LogP contribution >= 0.6 is 11.3 Å². The minimum Gasteiger partial charge on any atom is -0.508 e. The molecule has 3 unspecified atom stereocenters. The van der Waals surface area contributed by atoms with Crippen LogP contribution in [0.3, 0.4) is 0 Å². The minimum absolute atomic E-state index is 0.0636. The summed E-state index contributed by atoms with van der Waals surface area (Å²) in [5.41, 5.74) is 1.40. The standard InChI is InChI=1S/C26H26N2O5S/c1-16-26(2,23(30)14-33-16)28-24(31)21(12-17-7-6-10-20(29)11-17)27-25(32)22-13-19(15-34-22)18-8-4-3-5-9-18/h3-11,13,15-16,21,29H,12,14H2,1-2H3,(H,27,32)(H,28,31). The van der Waals surface area contributed by atoms with E-state index < -0.39 is 23.6 Å². The van der Waals surface area contributed by atoms with Crippen LogP contribution in [0.5, 0.6) is 5.75 Å². The van der Waals surface area contributed by atoms with E-state index in [1.165, 1.54) is 17.4 Å². The summed E-state index contributed by atoms with van der Waals surface area (Å²) in [4.78, 5) is 39.2. The molecule has 0 aliphatic carbocycles. The van der Waals surface area contributed by atoms with E-state index in [0.29, 0.717) is 10.4 Å². The van der Waals surface area contributed by atoms with Gasteiger partial charge in [0.15, 0.2) is 5.78 Å². The van der Waals surface area contributed by atoms with Crippen LogP contribution in [0.2, 0.25) is 0 Å². The number of rotatable bonds is 7. The Bertz CT molecular complexity index is 1210. The van der Waals surface area contributed by atoms with Crippen LogP contribution in [-0.4, -0.2) is 47.0 Å². The topological polar surface area (TPSA) is 105 Å². The van der Waals surface area contributed by atoms with Crippen LogP contribution in [-0.2, 0) is 20.7 Å². The van der Waals surface area contributed by atoms with E-state index in [0.717, 1.165) is 11.1 Å². The van der Waals surface area contributed by atoms with Gasteiger partial charge < -0.3 is 20.5 Å². The molecule has 3 atom stereocenters. The van der Waals surface area contributed by atoms with Gasteiger partial charge in [-0.05, 0) is 54.1 Å². The maximum absolute atomic E-state index is 13.3.